The summed E-state index contributed by atoms with van der Waals surface area (Å²) in [5.74, 6) is -0.858. The molecule has 1 aromatic rings. The van der Waals surface area contributed by atoms with Crippen LogP contribution < -0.4 is 0 Å². The molecule has 0 aromatic carbocycles. The van der Waals surface area contributed by atoms with E-state index in [0.29, 0.717) is 16.5 Å². The highest BCUT2D eigenvalue weighted by molar-refractivity contribution is 6.30. The lowest BCUT2D eigenvalue weighted by Crippen LogP contribution is -2.14. The predicted octanol–water partition coefficient (Wildman–Crippen LogP) is 2.51. The third kappa shape index (κ3) is 4.71. The zero-order chi connectivity index (χ0) is 14.4. The van der Waals surface area contributed by atoms with E-state index in [4.69, 9.17) is 16.3 Å². The summed E-state index contributed by atoms with van der Waals surface area (Å²) in [6, 6.07) is 1.75. The first-order chi connectivity index (χ1) is 8.93. The summed E-state index contributed by atoms with van der Waals surface area (Å²) in [6.45, 7) is 4.31. The molecule has 6 heteroatoms. The molecule has 0 N–H and O–H groups in total. The number of pyridine rings is 1. The molecule has 0 amide bonds. The van der Waals surface area contributed by atoms with E-state index < -0.39 is 18.5 Å². The van der Waals surface area contributed by atoms with Crippen molar-refractivity contribution in [2.24, 2.45) is 0 Å². The molecular formula is C13H14ClNO4. The Morgan fingerprint density at radius 3 is 2.68 bits per heavy atom. The number of aromatic nitrogens is 1. The Hall–Kier alpha value is -1.88. The Bertz CT molecular complexity index is 525. The Kier molecular flexibility index (Phi) is 5.51. The van der Waals surface area contributed by atoms with Crippen molar-refractivity contribution in [1.29, 1.82) is 0 Å². The monoisotopic (exact) mass is 283 g/mol. The molecule has 0 radical (unpaired) electrons. The van der Waals surface area contributed by atoms with Gasteiger partial charge in [-0.15, -0.1) is 0 Å². The van der Waals surface area contributed by atoms with Crippen LogP contribution in [-0.4, -0.2) is 23.5 Å². The summed E-state index contributed by atoms with van der Waals surface area (Å²) < 4.78 is 9.64. The maximum atomic E-state index is 11.5. The van der Waals surface area contributed by atoms with E-state index in [1.54, 1.807) is 26.0 Å². The number of carbonyl (C=O) groups is 2. The van der Waals surface area contributed by atoms with Gasteiger partial charge >= 0.3 is 11.9 Å². The first-order valence-electron chi connectivity index (χ1n) is 5.57. The van der Waals surface area contributed by atoms with Gasteiger partial charge in [-0.05, 0) is 31.6 Å². The second kappa shape index (κ2) is 6.89. The van der Waals surface area contributed by atoms with Crippen LogP contribution in [0.4, 0.5) is 0 Å². The molecule has 0 saturated heterocycles. The lowest BCUT2D eigenvalue weighted by atomic mass is 10.2. The summed E-state index contributed by atoms with van der Waals surface area (Å²) >= 11 is 5.82. The van der Waals surface area contributed by atoms with E-state index in [-0.39, 0.29) is 0 Å². The van der Waals surface area contributed by atoms with E-state index in [9.17, 15) is 9.59 Å². The number of hydrogen-bond acceptors (Lipinski definition) is 5. The minimum absolute atomic E-state index is 0.337. The Balaban J connectivity index is 2.76. The molecule has 1 rings (SSSR count). The minimum atomic E-state index is -0.657. The first-order valence-corrected chi connectivity index (χ1v) is 5.94. The van der Waals surface area contributed by atoms with Crippen LogP contribution in [0.5, 0.6) is 0 Å². The number of allylic oxidation sites excluding steroid dienone is 1. The second-order valence-corrected chi connectivity index (χ2v) is 4.10. The van der Waals surface area contributed by atoms with Crippen molar-refractivity contribution in [3.05, 3.63) is 34.6 Å². The van der Waals surface area contributed by atoms with E-state index in [1.165, 1.54) is 13.1 Å². The molecule has 0 unspecified atom stereocenters. The molecule has 0 fully saturated rings. The number of carbonyl (C=O) groups excluding carboxylic acids is 2. The van der Waals surface area contributed by atoms with Gasteiger partial charge in [-0.2, -0.15) is 0 Å². The molecule has 0 spiro atoms. The SMILES string of the molecule is CC=C(OC(=O)COC(C)=O)c1cnc(Cl)c(C)c1. The molecule has 0 aliphatic rings. The topological polar surface area (TPSA) is 65.5 Å². The van der Waals surface area contributed by atoms with Crippen LogP contribution in [0.25, 0.3) is 5.76 Å². The molecule has 5 nitrogen and oxygen atoms in total. The minimum Gasteiger partial charge on any atom is -0.454 e. The van der Waals surface area contributed by atoms with Crippen LogP contribution >= 0.6 is 11.6 Å². The van der Waals surface area contributed by atoms with Gasteiger partial charge in [0.2, 0.25) is 0 Å². The highest BCUT2D eigenvalue weighted by Crippen LogP contribution is 2.20. The molecule has 1 aromatic heterocycles. The van der Waals surface area contributed by atoms with Gasteiger partial charge < -0.3 is 9.47 Å². The fourth-order valence-corrected chi connectivity index (χ4v) is 1.39. The average Bonchev–Trinajstić information content (AvgIpc) is 2.37. The van der Waals surface area contributed by atoms with Gasteiger partial charge in [0.1, 0.15) is 10.9 Å². The van der Waals surface area contributed by atoms with E-state index in [1.807, 2.05) is 0 Å². The number of aryl methyl sites for hydroxylation is 1. The van der Waals surface area contributed by atoms with Crippen LogP contribution in [0.3, 0.4) is 0 Å². The molecule has 102 valence electrons. The van der Waals surface area contributed by atoms with Crippen LogP contribution in [0.2, 0.25) is 5.15 Å². The summed E-state index contributed by atoms with van der Waals surface area (Å²) in [5, 5.41) is 0.394. The summed E-state index contributed by atoms with van der Waals surface area (Å²) in [7, 11) is 0. The van der Waals surface area contributed by atoms with E-state index >= 15 is 0 Å². The van der Waals surface area contributed by atoms with Crippen LogP contribution in [0.15, 0.2) is 18.3 Å². The standard InChI is InChI=1S/C13H14ClNO4/c1-4-11(19-12(17)7-18-9(3)16)10-5-8(2)13(14)15-6-10/h4-6H,7H2,1-3H3. The average molecular weight is 284 g/mol. The van der Waals surface area contributed by atoms with E-state index in [0.717, 1.165) is 5.56 Å². The first kappa shape index (κ1) is 15.2. The van der Waals surface area contributed by atoms with Gasteiger partial charge in [-0.3, -0.25) is 4.79 Å². The van der Waals surface area contributed by atoms with Gasteiger partial charge in [0, 0.05) is 18.7 Å². The molecule has 0 aliphatic heterocycles. The van der Waals surface area contributed by atoms with Crippen molar-refractivity contribution >= 4 is 29.3 Å². The normalized spacial score (nSPS) is 11.1. The summed E-state index contributed by atoms with van der Waals surface area (Å²) in [5.41, 5.74) is 1.40. The fourth-order valence-electron chi connectivity index (χ4n) is 1.29. The third-order valence-corrected chi connectivity index (χ3v) is 2.57. The van der Waals surface area contributed by atoms with Gasteiger partial charge in [0.25, 0.3) is 0 Å². The maximum absolute atomic E-state index is 11.5. The van der Waals surface area contributed by atoms with Crippen molar-refractivity contribution in [1.82, 2.24) is 4.98 Å². The van der Waals surface area contributed by atoms with Gasteiger partial charge in [0.15, 0.2) is 6.61 Å². The van der Waals surface area contributed by atoms with Crippen molar-refractivity contribution in [2.75, 3.05) is 6.61 Å². The lowest BCUT2D eigenvalue weighted by Gasteiger charge is -2.09. The van der Waals surface area contributed by atoms with Crippen molar-refractivity contribution in [3.8, 4) is 0 Å². The number of rotatable bonds is 4. The maximum Gasteiger partial charge on any atom is 0.349 e. The Morgan fingerprint density at radius 1 is 1.47 bits per heavy atom. The fraction of sp³-hybridized carbons (Fsp3) is 0.308. The molecule has 1 heterocycles. The summed E-state index contributed by atoms with van der Waals surface area (Å²) in [6.07, 6.45) is 3.12. The number of esters is 2. The smallest absolute Gasteiger partial charge is 0.349 e. The van der Waals surface area contributed by atoms with Gasteiger partial charge in [-0.1, -0.05) is 11.6 Å². The molecule has 0 aliphatic carbocycles. The third-order valence-electron chi connectivity index (χ3n) is 2.18. The number of nitrogens with zero attached hydrogens (tertiary/aromatic N) is 1. The van der Waals surface area contributed by atoms with Crippen molar-refractivity contribution in [3.63, 3.8) is 0 Å². The zero-order valence-electron chi connectivity index (χ0n) is 10.9. The lowest BCUT2D eigenvalue weighted by molar-refractivity contribution is -0.153. The predicted molar refractivity (Wildman–Crippen MR) is 70.4 cm³/mol. The van der Waals surface area contributed by atoms with Gasteiger partial charge in [0.05, 0.1) is 0 Å². The van der Waals surface area contributed by atoms with Crippen LogP contribution in [0, 0.1) is 6.92 Å². The highest BCUT2D eigenvalue weighted by Gasteiger charge is 2.11. The number of hydrogen-bond donors (Lipinski definition) is 0. The summed E-state index contributed by atoms with van der Waals surface area (Å²) in [4.78, 5) is 26.0. The molecule has 19 heavy (non-hydrogen) atoms. The van der Waals surface area contributed by atoms with Crippen molar-refractivity contribution in [2.45, 2.75) is 20.8 Å². The number of ether oxygens (including phenoxy) is 2. The highest BCUT2D eigenvalue weighted by atomic mass is 35.5. The molecular weight excluding hydrogens is 270 g/mol. The Morgan fingerprint density at radius 2 is 2.16 bits per heavy atom. The number of halogens is 1. The van der Waals surface area contributed by atoms with Crippen LogP contribution in [0.1, 0.15) is 25.0 Å². The quantitative estimate of drug-likeness (QED) is 0.482. The second-order valence-electron chi connectivity index (χ2n) is 3.74. The van der Waals surface area contributed by atoms with E-state index in [2.05, 4.69) is 9.72 Å². The Labute approximate surface area is 116 Å². The molecule has 0 atom stereocenters. The van der Waals surface area contributed by atoms with Crippen molar-refractivity contribution < 1.29 is 19.1 Å². The molecule has 0 saturated carbocycles. The zero-order valence-corrected chi connectivity index (χ0v) is 11.7. The van der Waals surface area contributed by atoms with Gasteiger partial charge in [-0.25, -0.2) is 9.78 Å². The largest absolute Gasteiger partial charge is 0.454 e. The molecule has 0 bridgehead atoms. The van der Waals surface area contributed by atoms with Crippen LogP contribution in [-0.2, 0) is 19.1 Å².